The fourth-order valence-electron chi connectivity index (χ4n) is 1.63. The van der Waals surface area contributed by atoms with E-state index >= 15 is 0 Å². The fourth-order valence-corrected chi connectivity index (χ4v) is 1.63. The number of terminal acetylenes is 1. The number of hydrogen-bond donors (Lipinski definition) is 1. The summed E-state index contributed by atoms with van der Waals surface area (Å²) >= 11 is 0. The quantitative estimate of drug-likeness (QED) is 0.763. The van der Waals surface area contributed by atoms with Crippen molar-refractivity contribution in [2.24, 2.45) is 11.8 Å². The van der Waals surface area contributed by atoms with E-state index in [0.29, 0.717) is 13.2 Å². The van der Waals surface area contributed by atoms with E-state index in [0.717, 1.165) is 5.56 Å². The lowest BCUT2D eigenvalue weighted by atomic mass is 9.95. The maximum absolute atomic E-state index is 9.86. The molecular weight excluding hydrogens is 212 g/mol. The minimum absolute atomic E-state index is 0.0461. The molecule has 1 aromatic rings. The average Bonchev–Trinajstić information content (AvgIpc) is 2.38. The van der Waals surface area contributed by atoms with Gasteiger partial charge in [0.1, 0.15) is 0 Å². The van der Waals surface area contributed by atoms with Crippen LogP contribution < -0.4 is 0 Å². The molecule has 1 N–H and O–H groups in total. The third-order valence-electron chi connectivity index (χ3n) is 2.85. The molecule has 17 heavy (non-hydrogen) atoms. The van der Waals surface area contributed by atoms with Crippen molar-refractivity contribution in [2.45, 2.75) is 26.6 Å². The Hall–Kier alpha value is -1.30. The van der Waals surface area contributed by atoms with E-state index in [9.17, 15) is 5.11 Å². The van der Waals surface area contributed by atoms with Crippen molar-refractivity contribution < 1.29 is 9.84 Å². The van der Waals surface area contributed by atoms with E-state index in [1.807, 2.05) is 44.2 Å². The molecule has 0 spiro atoms. The molecule has 0 amide bonds. The first-order chi connectivity index (χ1) is 8.15. The Morgan fingerprint density at radius 2 is 1.94 bits per heavy atom. The second-order valence-electron chi connectivity index (χ2n) is 4.42. The van der Waals surface area contributed by atoms with Gasteiger partial charge in [-0.25, -0.2) is 0 Å². The molecule has 2 nitrogen and oxygen atoms in total. The van der Waals surface area contributed by atoms with Crippen molar-refractivity contribution in [3.63, 3.8) is 0 Å². The van der Waals surface area contributed by atoms with Crippen LogP contribution in [0.2, 0.25) is 0 Å². The molecule has 0 saturated heterocycles. The van der Waals surface area contributed by atoms with Crippen molar-refractivity contribution in [2.75, 3.05) is 6.61 Å². The van der Waals surface area contributed by atoms with Gasteiger partial charge in [0.25, 0.3) is 0 Å². The summed E-state index contributed by atoms with van der Waals surface area (Å²) in [7, 11) is 0. The summed E-state index contributed by atoms with van der Waals surface area (Å²) in [4.78, 5) is 0. The zero-order chi connectivity index (χ0) is 12.7. The highest BCUT2D eigenvalue weighted by atomic mass is 16.5. The van der Waals surface area contributed by atoms with Crippen molar-refractivity contribution in [1.29, 1.82) is 0 Å². The largest absolute Gasteiger partial charge is 0.391 e. The van der Waals surface area contributed by atoms with Crippen molar-refractivity contribution in [1.82, 2.24) is 0 Å². The van der Waals surface area contributed by atoms with Gasteiger partial charge >= 0.3 is 0 Å². The Balaban J connectivity index is 2.30. The smallest absolute Gasteiger partial charge is 0.0722 e. The number of aliphatic hydroxyl groups is 1. The van der Waals surface area contributed by atoms with Gasteiger partial charge in [0.15, 0.2) is 0 Å². The monoisotopic (exact) mass is 232 g/mol. The second kappa shape index (κ2) is 7.11. The van der Waals surface area contributed by atoms with Crippen LogP contribution in [0, 0.1) is 24.2 Å². The number of benzene rings is 1. The first kappa shape index (κ1) is 13.8. The molecule has 1 aromatic carbocycles. The predicted molar refractivity (Wildman–Crippen MR) is 69.3 cm³/mol. The van der Waals surface area contributed by atoms with Gasteiger partial charge in [-0.05, 0) is 12.5 Å². The number of rotatable bonds is 6. The Labute approximate surface area is 104 Å². The third kappa shape index (κ3) is 4.60. The van der Waals surface area contributed by atoms with E-state index in [-0.39, 0.29) is 11.8 Å². The molecule has 0 heterocycles. The van der Waals surface area contributed by atoms with Crippen LogP contribution in [0.4, 0.5) is 0 Å². The standard InChI is InChI=1S/C15H20O2/c1-4-12(2)15(16)13(3)10-17-11-14-8-6-5-7-9-14/h1,5-9,12-13,15-16H,10-11H2,2-3H3/t12-,13-,15+/m1/s1. The third-order valence-corrected chi connectivity index (χ3v) is 2.85. The molecule has 1 rings (SSSR count). The summed E-state index contributed by atoms with van der Waals surface area (Å²) in [6.45, 7) is 4.88. The lowest BCUT2D eigenvalue weighted by molar-refractivity contribution is 0.0150. The van der Waals surface area contributed by atoms with Gasteiger partial charge in [-0.2, -0.15) is 0 Å². The van der Waals surface area contributed by atoms with Crippen LogP contribution >= 0.6 is 0 Å². The van der Waals surface area contributed by atoms with Crippen molar-refractivity contribution >= 4 is 0 Å². The molecule has 0 aliphatic carbocycles. The topological polar surface area (TPSA) is 29.5 Å². The van der Waals surface area contributed by atoms with Crippen LogP contribution in [0.3, 0.4) is 0 Å². The van der Waals surface area contributed by atoms with Crippen LogP contribution in [0.1, 0.15) is 19.4 Å². The normalized spacial score (nSPS) is 15.9. The van der Waals surface area contributed by atoms with Gasteiger partial charge in [0.2, 0.25) is 0 Å². The van der Waals surface area contributed by atoms with E-state index in [2.05, 4.69) is 5.92 Å². The van der Waals surface area contributed by atoms with Gasteiger partial charge in [-0.15, -0.1) is 12.3 Å². The molecule has 92 valence electrons. The fraction of sp³-hybridized carbons (Fsp3) is 0.467. The highest BCUT2D eigenvalue weighted by molar-refractivity contribution is 5.13. The average molecular weight is 232 g/mol. The van der Waals surface area contributed by atoms with Crippen LogP contribution in [0.15, 0.2) is 30.3 Å². The zero-order valence-electron chi connectivity index (χ0n) is 10.5. The van der Waals surface area contributed by atoms with Crippen molar-refractivity contribution in [3.8, 4) is 12.3 Å². The van der Waals surface area contributed by atoms with Crippen LogP contribution in [0.5, 0.6) is 0 Å². The molecule has 3 atom stereocenters. The SMILES string of the molecule is C#C[C@@H](C)[C@H](O)[C@H](C)COCc1ccccc1. The van der Waals surface area contributed by atoms with Gasteiger partial charge in [0, 0.05) is 11.8 Å². The Morgan fingerprint density at radius 1 is 1.29 bits per heavy atom. The molecule has 0 radical (unpaired) electrons. The van der Waals surface area contributed by atoms with Crippen LogP contribution in [-0.2, 0) is 11.3 Å². The first-order valence-corrected chi connectivity index (χ1v) is 5.91. The molecule has 0 bridgehead atoms. The van der Waals surface area contributed by atoms with Gasteiger partial charge in [-0.1, -0.05) is 37.3 Å². The summed E-state index contributed by atoms with van der Waals surface area (Å²) in [6.07, 6.45) is 4.78. The van der Waals surface area contributed by atoms with E-state index in [4.69, 9.17) is 11.2 Å². The highest BCUT2D eigenvalue weighted by Gasteiger charge is 2.19. The lowest BCUT2D eigenvalue weighted by Gasteiger charge is -2.21. The molecule has 0 aliphatic rings. The van der Waals surface area contributed by atoms with Crippen LogP contribution in [0.25, 0.3) is 0 Å². The van der Waals surface area contributed by atoms with Crippen LogP contribution in [-0.4, -0.2) is 17.8 Å². The van der Waals surface area contributed by atoms with Gasteiger partial charge < -0.3 is 9.84 Å². The molecule has 2 heteroatoms. The summed E-state index contributed by atoms with van der Waals surface area (Å²) in [5.74, 6) is 2.46. The molecular formula is C15H20O2. The summed E-state index contributed by atoms with van der Waals surface area (Å²) in [6, 6.07) is 9.98. The predicted octanol–water partition coefficient (Wildman–Crippen LogP) is 2.47. The number of ether oxygens (including phenoxy) is 1. The molecule has 0 saturated carbocycles. The number of aliphatic hydroxyl groups excluding tert-OH is 1. The summed E-state index contributed by atoms with van der Waals surface area (Å²) < 4.78 is 5.57. The maximum Gasteiger partial charge on any atom is 0.0722 e. The summed E-state index contributed by atoms with van der Waals surface area (Å²) in [5, 5.41) is 9.86. The molecule has 0 aliphatic heterocycles. The van der Waals surface area contributed by atoms with Crippen molar-refractivity contribution in [3.05, 3.63) is 35.9 Å². The minimum atomic E-state index is -0.504. The van der Waals surface area contributed by atoms with E-state index in [1.54, 1.807) is 0 Å². The van der Waals surface area contributed by atoms with E-state index < -0.39 is 6.10 Å². The maximum atomic E-state index is 9.86. The lowest BCUT2D eigenvalue weighted by Crippen LogP contribution is -2.28. The molecule has 0 aromatic heterocycles. The summed E-state index contributed by atoms with van der Waals surface area (Å²) in [5.41, 5.74) is 1.14. The molecule has 0 unspecified atom stereocenters. The van der Waals surface area contributed by atoms with Gasteiger partial charge in [-0.3, -0.25) is 0 Å². The first-order valence-electron chi connectivity index (χ1n) is 5.91. The Kier molecular flexibility index (Phi) is 5.76. The second-order valence-corrected chi connectivity index (χ2v) is 4.42. The Morgan fingerprint density at radius 3 is 2.53 bits per heavy atom. The van der Waals surface area contributed by atoms with Gasteiger partial charge in [0.05, 0.1) is 19.3 Å². The zero-order valence-corrected chi connectivity index (χ0v) is 10.5. The highest BCUT2D eigenvalue weighted by Crippen LogP contribution is 2.13. The minimum Gasteiger partial charge on any atom is -0.391 e. The Bertz CT molecular complexity index is 353. The molecule has 0 fully saturated rings. The van der Waals surface area contributed by atoms with E-state index in [1.165, 1.54) is 0 Å². The number of hydrogen-bond acceptors (Lipinski definition) is 2.